The molecule has 482 valence electrons. The number of amides is 1. The van der Waals surface area contributed by atoms with E-state index in [-0.39, 0.29) is 18.5 Å². The van der Waals surface area contributed by atoms with Gasteiger partial charge in [-0.2, -0.15) is 0 Å². The molecule has 0 aromatic heterocycles. The van der Waals surface area contributed by atoms with Gasteiger partial charge in [0.25, 0.3) is 0 Å². The van der Waals surface area contributed by atoms with Gasteiger partial charge in [-0.05, 0) is 51.4 Å². The monoisotopic (exact) mass is 1140 g/mol. The average molecular weight is 1140 g/mol. The summed E-state index contributed by atoms with van der Waals surface area (Å²) in [6.45, 7) is 4.99. The van der Waals surface area contributed by atoms with Crippen molar-refractivity contribution in [3.8, 4) is 0 Å². The summed E-state index contributed by atoms with van der Waals surface area (Å²) < 4.78 is 5.50. The molecule has 0 fully saturated rings. The van der Waals surface area contributed by atoms with Gasteiger partial charge in [0.05, 0.1) is 25.4 Å². The minimum Gasteiger partial charge on any atom is -0.466 e. The minimum absolute atomic E-state index is 0.0143. The Morgan fingerprint density at radius 2 is 0.580 bits per heavy atom. The first-order valence-corrected chi connectivity index (χ1v) is 37.4. The van der Waals surface area contributed by atoms with Crippen molar-refractivity contribution >= 4 is 11.9 Å². The van der Waals surface area contributed by atoms with Crippen molar-refractivity contribution in [1.29, 1.82) is 0 Å². The molecule has 6 heteroatoms. The number of esters is 1. The first-order valence-electron chi connectivity index (χ1n) is 37.4. The number of hydrogen-bond acceptors (Lipinski definition) is 5. The van der Waals surface area contributed by atoms with E-state index in [1.807, 2.05) is 0 Å². The third-order valence-corrected chi connectivity index (χ3v) is 17.8. The Balaban J connectivity index is 3.31. The van der Waals surface area contributed by atoms with Gasteiger partial charge >= 0.3 is 5.97 Å². The Labute approximate surface area is 508 Å². The third kappa shape index (κ3) is 67.6. The first kappa shape index (κ1) is 79.6. The zero-order valence-electron chi connectivity index (χ0n) is 55.3. The number of carbonyl (C=O) groups excluding carboxylic acids is 2. The SMILES string of the molecule is CCCCCCCC/C=C\CCCCCCCC(=O)OCCCCCCCCCCCCCCCCCCCCCCCCCCCCCCCCCCC(=O)NC(CO)C(O)CCCCCCCCCCCCCCCCCCC. The zero-order chi connectivity index (χ0) is 58.5. The molecule has 0 spiro atoms. The lowest BCUT2D eigenvalue weighted by Gasteiger charge is -2.22. The third-order valence-electron chi connectivity index (χ3n) is 17.8. The van der Waals surface area contributed by atoms with Gasteiger partial charge in [0, 0.05) is 12.8 Å². The molecule has 0 saturated carbocycles. The maximum atomic E-state index is 12.5. The van der Waals surface area contributed by atoms with Crippen molar-refractivity contribution in [2.45, 2.75) is 443 Å². The van der Waals surface area contributed by atoms with Crippen LogP contribution in [0.25, 0.3) is 0 Å². The molecule has 0 aliphatic carbocycles. The summed E-state index contributed by atoms with van der Waals surface area (Å²) in [4.78, 5) is 24.6. The molecule has 0 aliphatic rings. The lowest BCUT2D eigenvalue weighted by molar-refractivity contribution is -0.143. The molecule has 0 saturated heterocycles. The zero-order valence-corrected chi connectivity index (χ0v) is 55.3. The van der Waals surface area contributed by atoms with Gasteiger partial charge in [0.15, 0.2) is 0 Å². The molecule has 0 rings (SSSR count). The highest BCUT2D eigenvalue weighted by Gasteiger charge is 2.20. The van der Waals surface area contributed by atoms with Crippen molar-refractivity contribution in [3.05, 3.63) is 12.2 Å². The number of aliphatic hydroxyl groups excluding tert-OH is 2. The summed E-state index contributed by atoms with van der Waals surface area (Å²) in [7, 11) is 0. The van der Waals surface area contributed by atoms with Gasteiger partial charge < -0.3 is 20.3 Å². The molecule has 2 atom stereocenters. The van der Waals surface area contributed by atoms with Gasteiger partial charge in [0.1, 0.15) is 0 Å². The Morgan fingerprint density at radius 1 is 0.333 bits per heavy atom. The number of nitrogens with one attached hydrogen (secondary N) is 1. The van der Waals surface area contributed by atoms with Crippen molar-refractivity contribution in [2.75, 3.05) is 13.2 Å². The smallest absolute Gasteiger partial charge is 0.305 e. The van der Waals surface area contributed by atoms with Crippen LogP contribution in [-0.4, -0.2) is 47.4 Å². The second-order valence-electron chi connectivity index (χ2n) is 26.0. The predicted molar refractivity (Wildman–Crippen MR) is 357 cm³/mol. The topological polar surface area (TPSA) is 95.9 Å². The highest BCUT2D eigenvalue weighted by molar-refractivity contribution is 5.76. The highest BCUT2D eigenvalue weighted by atomic mass is 16.5. The van der Waals surface area contributed by atoms with Crippen LogP contribution in [0, 0.1) is 0 Å². The molecule has 0 heterocycles. The van der Waals surface area contributed by atoms with E-state index in [1.54, 1.807) is 0 Å². The number of hydrogen-bond donors (Lipinski definition) is 3. The summed E-state index contributed by atoms with van der Waals surface area (Å²) >= 11 is 0. The highest BCUT2D eigenvalue weighted by Crippen LogP contribution is 2.20. The Hall–Kier alpha value is -1.40. The molecular formula is C75H147NO5. The fraction of sp³-hybridized carbons (Fsp3) is 0.947. The molecular weight excluding hydrogens is 995 g/mol. The maximum absolute atomic E-state index is 12.5. The Morgan fingerprint density at radius 3 is 0.877 bits per heavy atom. The number of carbonyl (C=O) groups is 2. The van der Waals surface area contributed by atoms with Gasteiger partial charge in [-0.25, -0.2) is 0 Å². The summed E-state index contributed by atoms with van der Waals surface area (Å²) in [5.41, 5.74) is 0. The molecule has 1 amide bonds. The van der Waals surface area contributed by atoms with E-state index < -0.39 is 12.1 Å². The van der Waals surface area contributed by atoms with Crippen LogP contribution < -0.4 is 5.32 Å². The van der Waals surface area contributed by atoms with Crippen LogP contribution >= 0.6 is 0 Å². The quantitative estimate of drug-likeness (QED) is 0.0320. The van der Waals surface area contributed by atoms with Crippen LogP contribution in [0.1, 0.15) is 431 Å². The molecule has 3 N–H and O–H groups in total. The van der Waals surface area contributed by atoms with Crippen molar-refractivity contribution in [3.63, 3.8) is 0 Å². The second-order valence-corrected chi connectivity index (χ2v) is 26.0. The fourth-order valence-electron chi connectivity index (χ4n) is 12.1. The summed E-state index contributed by atoms with van der Waals surface area (Å²) in [6.07, 6.45) is 88.6. The number of allylic oxidation sites excluding steroid dienone is 2. The fourth-order valence-corrected chi connectivity index (χ4v) is 12.1. The van der Waals surface area contributed by atoms with E-state index in [1.165, 1.54) is 353 Å². The van der Waals surface area contributed by atoms with E-state index in [4.69, 9.17) is 4.74 Å². The van der Waals surface area contributed by atoms with E-state index in [9.17, 15) is 19.8 Å². The molecule has 81 heavy (non-hydrogen) atoms. The molecule has 0 aliphatic heterocycles. The Kier molecular flexibility index (Phi) is 69.9. The van der Waals surface area contributed by atoms with E-state index >= 15 is 0 Å². The maximum Gasteiger partial charge on any atom is 0.305 e. The van der Waals surface area contributed by atoms with Crippen molar-refractivity contribution in [1.82, 2.24) is 5.32 Å². The summed E-state index contributed by atoms with van der Waals surface area (Å²) in [5, 5.41) is 23.4. The van der Waals surface area contributed by atoms with Crippen LogP contribution in [-0.2, 0) is 14.3 Å². The van der Waals surface area contributed by atoms with Crippen LogP contribution in [0.4, 0.5) is 0 Å². The van der Waals surface area contributed by atoms with Gasteiger partial charge in [-0.1, -0.05) is 379 Å². The van der Waals surface area contributed by atoms with Gasteiger partial charge in [-0.3, -0.25) is 9.59 Å². The van der Waals surface area contributed by atoms with Crippen LogP contribution in [0.2, 0.25) is 0 Å². The second kappa shape index (κ2) is 71.1. The van der Waals surface area contributed by atoms with Crippen LogP contribution in [0.5, 0.6) is 0 Å². The van der Waals surface area contributed by atoms with Gasteiger partial charge in [0.2, 0.25) is 5.91 Å². The number of unbranched alkanes of at least 4 members (excludes halogenated alkanes) is 58. The molecule has 0 radical (unpaired) electrons. The number of aliphatic hydroxyl groups is 2. The first-order chi connectivity index (χ1) is 40.0. The van der Waals surface area contributed by atoms with E-state index in [0.717, 1.165) is 44.9 Å². The molecule has 2 unspecified atom stereocenters. The van der Waals surface area contributed by atoms with Crippen LogP contribution in [0.3, 0.4) is 0 Å². The average Bonchev–Trinajstić information content (AvgIpc) is 3.47. The normalized spacial score (nSPS) is 12.5. The lowest BCUT2D eigenvalue weighted by atomic mass is 10.0. The van der Waals surface area contributed by atoms with E-state index in [2.05, 4.69) is 31.3 Å². The van der Waals surface area contributed by atoms with Crippen LogP contribution in [0.15, 0.2) is 12.2 Å². The standard InChI is InChI=1S/C75H147NO5/c1-3-5-7-9-11-13-15-17-19-36-40-43-47-51-55-59-63-67-73(78)72(71-77)76-74(79)68-64-60-56-52-48-44-41-37-34-32-30-28-26-24-22-20-21-23-25-27-29-31-33-35-38-42-46-50-54-58-62-66-70-81-75(80)69-65-61-57-53-49-45-39-18-16-14-12-10-8-6-4-2/h18,39,72-73,77-78H,3-17,19-38,40-71H2,1-2H3,(H,76,79)/b39-18-. The Bertz CT molecular complexity index is 1220. The minimum atomic E-state index is -0.661. The van der Waals surface area contributed by atoms with Gasteiger partial charge in [-0.15, -0.1) is 0 Å². The molecule has 0 aromatic rings. The van der Waals surface area contributed by atoms with Crippen molar-refractivity contribution in [2.24, 2.45) is 0 Å². The molecule has 0 bridgehead atoms. The van der Waals surface area contributed by atoms with E-state index in [0.29, 0.717) is 25.9 Å². The molecule has 6 nitrogen and oxygen atoms in total. The number of ether oxygens (including phenoxy) is 1. The predicted octanol–water partition coefficient (Wildman–Crippen LogP) is 24.3. The largest absolute Gasteiger partial charge is 0.466 e. The summed E-state index contributed by atoms with van der Waals surface area (Å²) in [6, 6.07) is -0.537. The number of rotatable bonds is 71. The summed E-state index contributed by atoms with van der Waals surface area (Å²) in [5.74, 6) is -0.0118. The van der Waals surface area contributed by atoms with Crippen molar-refractivity contribution < 1.29 is 24.5 Å². The lowest BCUT2D eigenvalue weighted by Crippen LogP contribution is -2.45. The molecule has 0 aromatic carbocycles.